The van der Waals surface area contributed by atoms with Gasteiger partial charge in [-0.2, -0.15) is 5.10 Å². The van der Waals surface area contributed by atoms with Gasteiger partial charge >= 0.3 is 6.03 Å². The Balaban J connectivity index is 1.57. The molecule has 9 heteroatoms. The zero-order valence-electron chi connectivity index (χ0n) is 17.5. The van der Waals surface area contributed by atoms with Gasteiger partial charge in [0.25, 0.3) is 5.91 Å². The quantitative estimate of drug-likeness (QED) is 0.667. The van der Waals surface area contributed by atoms with Gasteiger partial charge in [-0.15, -0.1) is 0 Å². The van der Waals surface area contributed by atoms with Gasteiger partial charge in [0.15, 0.2) is 0 Å². The summed E-state index contributed by atoms with van der Waals surface area (Å²) in [7, 11) is 2.09. The molecule has 1 aromatic carbocycles. The fourth-order valence-corrected chi connectivity index (χ4v) is 4.40. The highest BCUT2D eigenvalue weighted by molar-refractivity contribution is 6.31. The van der Waals surface area contributed by atoms with Crippen molar-refractivity contribution >= 4 is 29.3 Å². The maximum Gasteiger partial charge on any atom is 0.349 e. The zero-order valence-corrected chi connectivity index (χ0v) is 18.3. The summed E-state index contributed by atoms with van der Waals surface area (Å²) in [5, 5.41) is 6.45. The number of imide groups is 1. The van der Waals surface area contributed by atoms with Crippen molar-refractivity contribution in [2.45, 2.75) is 32.4 Å². The van der Waals surface area contributed by atoms with Gasteiger partial charge in [0.05, 0.1) is 18.5 Å². The van der Waals surface area contributed by atoms with Crippen LogP contribution in [0, 0.1) is 0 Å². The van der Waals surface area contributed by atoms with E-state index < -0.39 is 0 Å². The number of likely N-dealkylation sites (N-methyl/N-ethyl adjacent to an activating group) is 1. The van der Waals surface area contributed by atoms with Crippen LogP contribution in [-0.2, 0) is 4.79 Å². The van der Waals surface area contributed by atoms with Gasteiger partial charge in [0.2, 0.25) is 0 Å². The molecule has 3 aliphatic rings. The molecule has 0 N–H and O–H groups in total. The number of hydrogen-bond acceptors (Lipinski definition) is 6. The summed E-state index contributed by atoms with van der Waals surface area (Å²) >= 11 is 6.14. The Morgan fingerprint density at radius 1 is 1.20 bits per heavy atom. The average molecular weight is 434 g/mol. The molecule has 0 bridgehead atoms. The van der Waals surface area contributed by atoms with E-state index >= 15 is 0 Å². The van der Waals surface area contributed by atoms with Gasteiger partial charge in [0.1, 0.15) is 12.3 Å². The third kappa shape index (κ3) is 4.17. The van der Waals surface area contributed by atoms with Gasteiger partial charge in [-0.05, 0) is 31.7 Å². The van der Waals surface area contributed by atoms with E-state index in [0.717, 1.165) is 44.6 Å². The summed E-state index contributed by atoms with van der Waals surface area (Å²) in [6.07, 6.45) is 2.00. The van der Waals surface area contributed by atoms with Crippen molar-refractivity contribution in [3.63, 3.8) is 0 Å². The topological polar surface area (TPSA) is 68.7 Å². The van der Waals surface area contributed by atoms with Gasteiger partial charge < -0.3 is 9.64 Å². The smallest absolute Gasteiger partial charge is 0.349 e. The number of urea groups is 1. The number of benzene rings is 1. The Kier molecular flexibility index (Phi) is 6.26. The maximum atomic E-state index is 13.2. The zero-order chi connectivity index (χ0) is 21.3. The molecule has 3 heterocycles. The van der Waals surface area contributed by atoms with Crippen molar-refractivity contribution in [2.24, 2.45) is 5.10 Å². The second-order valence-electron chi connectivity index (χ2n) is 8.00. The number of ether oxygens (including phenoxy) is 1. The first-order valence-electron chi connectivity index (χ1n) is 10.5. The van der Waals surface area contributed by atoms with Gasteiger partial charge in [-0.3, -0.25) is 9.69 Å². The highest BCUT2D eigenvalue weighted by Crippen LogP contribution is 2.29. The first-order valence-corrected chi connectivity index (χ1v) is 10.9. The van der Waals surface area contributed by atoms with Gasteiger partial charge in [-0.1, -0.05) is 24.9 Å². The third-order valence-corrected chi connectivity index (χ3v) is 6.11. The highest BCUT2D eigenvalue weighted by Gasteiger charge is 2.43. The second kappa shape index (κ2) is 8.91. The first-order chi connectivity index (χ1) is 14.5. The van der Waals surface area contributed by atoms with Crippen LogP contribution in [0.2, 0.25) is 5.02 Å². The molecule has 0 saturated carbocycles. The van der Waals surface area contributed by atoms with Crippen LogP contribution in [0.15, 0.2) is 23.3 Å². The molecular weight excluding hydrogens is 406 g/mol. The van der Waals surface area contributed by atoms with Crippen LogP contribution in [-0.4, -0.2) is 89.9 Å². The molecule has 0 radical (unpaired) electrons. The van der Waals surface area contributed by atoms with E-state index in [4.69, 9.17) is 16.3 Å². The predicted octanol–water partition coefficient (Wildman–Crippen LogP) is 2.46. The molecule has 8 nitrogen and oxygen atoms in total. The molecule has 3 amide bonds. The van der Waals surface area contributed by atoms with E-state index in [2.05, 4.69) is 28.9 Å². The molecule has 0 aromatic heterocycles. The van der Waals surface area contributed by atoms with E-state index in [1.807, 2.05) is 0 Å². The average Bonchev–Trinajstić information content (AvgIpc) is 3.00. The summed E-state index contributed by atoms with van der Waals surface area (Å²) in [5.74, 6) is 0.501. The van der Waals surface area contributed by atoms with Crippen LogP contribution in [0.4, 0.5) is 4.79 Å². The fraction of sp³-hybridized carbons (Fsp3) is 0.571. The minimum atomic E-state index is -0.347. The minimum Gasteiger partial charge on any atom is -0.492 e. The first kappa shape index (κ1) is 21.1. The third-order valence-electron chi connectivity index (χ3n) is 5.88. The van der Waals surface area contributed by atoms with E-state index in [-0.39, 0.29) is 24.6 Å². The van der Waals surface area contributed by atoms with E-state index in [9.17, 15) is 9.59 Å². The summed E-state index contributed by atoms with van der Waals surface area (Å²) in [6, 6.07) is 5.01. The van der Waals surface area contributed by atoms with Crippen LogP contribution in [0.5, 0.6) is 5.75 Å². The second-order valence-corrected chi connectivity index (χ2v) is 8.43. The number of carbonyl (C=O) groups excluding carboxylic acids is 2. The molecule has 0 aliphatic carbocycles. The number of amides is 3. The Hall–Kier alpha value is -2.16. The lowest BCUT2D eigenvalue weighted by Gasteiger charge is -2.40. The Bertz CT molecular complexity index is 853. The molecular formula is C21H28ClN5O3. The molecule has 1 aromatic rings. The molecule has 1 atom stereocenters. The number of carbonyl (C=O) groups is 2. The minimum absolute atomic E-state index is 0.0347. The van der Waals surface area contributed by atoms with Crippen molar-refractivity contribution in [2.75, 3.05) is 46.4 Å². The summed E-state index contributed by atoms with van der Waals surface area (Å²) in [4.78, 5) is 32.0. The molecule has 4 rings (SSSR count). The SMILES string of the molecule is CCCC(N1CCN(C)CC1)N1C(=O)CN(/N=C2\CCOc3ccc(Cl)cc32)C1=O. The van der Waals surface area contributed by atoms with Crippen LogP contribution < -0.4 is 4.74 Å². The van der Waals surface area contributed by atoms with E-state index in [1.54, 1.807) is 18.2 Å². The van der Waals surface area contributed by atoms with Crippen molar-refractivity contribution in [1.82, 2.24) is 19.7 Å². The van der Waals surface area contributed by atoms with Crippen LogP contribution in [0.3, 0.4) is 0 Å². The summed E-state index contributed by atoms with van der Waals surface area (Å²) in [5.41, 5.74) is 1.49. The number of rotatable bonds is 5. The summed E-state index contributed by atoms with van der Waals surface area (Å²) < 4.78 is 5.67. The highest BCUT2D eigenvalue weighted by atomic mass is 35.5. The van der Waals surface area contributed by atoms with Crippen molar-refractivity contribution < 1.29 is 14.3 Å². The summed E-state index contributed by atoms with van der Waals surface area (Å²) in [6.45, 7) is 6.07. The molecule has 30 heavy (non-hydrogen) atoms. The Morgan fingerprint density at radius 2 is 1.97 bits per heavy atom. The standard InChI is InChI=1S/C21H28ClN5O3/c1-3-4-19(25-10-8-24(2)9-11-25)27-20(28)14-26(21(27)29)23-17-7-12-30-18-6-5-15(22)13-16(17)18/h5-6,13,19H,3-4,7-12,14H2,1-2H3/b23-17+. The molecule has 162 valence electrons. The lowest BCUT2D eigenvalue weighted by molar-refractivity contribution is -0.130. The van der Waals surface area contributed by atoms with Crippen molar-refractivity contribution in [3.8, 4) is 5.75 Å². The monoisotopic (exact) mass is 433 g/mol. The number of piperazine rings is 1. The number of halogens is 1. The van der Waals surface area contributed by atoms with Crippen LogP contribution in [0.1, 0.15) is 31.7 Å². The van der Waals surface area contributed by atoms with Crippen molar-refractivity contribution in [1.29, 1.82) is 0 Å². The largest absolute Gasteiger partial charge is 0.492 e. The molecule has 1 unspecified atom stereocenters. The van der Waals surface area contributed by atoms with E-state index in [1.165, 1.54) is 9.91 Å². The van der Waals surface area contributed by atoms with E-state index in [0.29, 0.717) is 29.5 Å². The van der Waals surface area contributed by atoms with Gasteiger partial charge in [-0.25, -0.2) is 14.7 Å². The van der Waals surface area contributed by atoms with Gasteiger partial charge in [0, 0.05) is 43.2 Å². The fourth-order valence-electron chi connectivity index (χ4n) is 4.22. The number of fused-ring (bicyclic) bond motifs is 1. The lowest BCUT2D eigenvalue weighted by Crippen LogP contribution is -2.56. The van der Waals surface area contributed by atoms with Crippen LogP contribution >= 0.6 is 11.6 Å². The Morgan fingerprint density at radius 3 is 2.70 bits per heavy atom. The Labute approximate surface area is 182 Å². The molecule has 2 fully saturated rings. The molecule has 2 saturated heterocycles. The molecule has 3 aliphatic heterocycles. The van der Waals surface area contributed by atoms with Crippen LogP contribution in [0.25, 0.3) is 0 Å². The number of nitrogens with zero attached hydrogens (tertiary/aromatic N) is 5. The maximum absolute atomic E-state index is 13.2. The number of hydrazone groups is 1. The lowest BCUT2D eigenvalue weighted by atomic mass is 10.0. The molecule has 0 spiro atoms. The van der Waals surface area contributed by atoms with Crippen molar-refractivity contribution in [3.05, 3.63) is 28.8 Å². The predicted molar refractivity (Wildman–Crippen MR) is 115 cm³/mol. The normalized spacial score (nSPS) is 23.1. The number of hydrogen-bond donors (Lipinski definition) is 0.